The predicted octanol–water partition coefficient (Wildman–Crippen LogP) is 4.56. The van der Waals surface area contributed by atoms with E-state index in [-0.39, 0.29) is 11.7 Å². The van der Waals surface area contributed by atoms with Gasteiger partial charge in [0.1, 0.15) is 17.1 Å². The molecule has 4 nitrogen and oxygen atoms in total. The molecule has 1 heterocycles. The van der Waals surface area contributed by atoms with Crippen molar-refractivity contribution in [2.75, 3.05) is 18.2 Å². The maximum Gasteiger partial charge on any atom is 0.226 e. The van der Waals surface area contributed by atoms with Crippen LogP contribution in [0.3, 0.4) is 0 Å². The number of anilines is 1. The van der Waals surface area contributed by atoms with Gasteiger partial charge in [-0.1, -0.05) is 17.4 Å². The third-order valence-corrected chi connectivity index (χ3v) is 5.22. The number of ether oxygens (including phenoxy) is 1. The molecule has 0 unspecified atom stereocenters. The van der Waals surface area contributed by atoms with E-state index in [0.29, 0.717) is 22.8 Å². The number of methoxy groups -OCH3 is 1. The monoisotopic (exact) mass is 362 g/mol. The summed E-state index contributed by atoms with van der Waals surface area (Å²) >= 11 is 2.86. The quantitative estimate of drug-likeness (QED) is 0.653. The summed E-state index contributed by atoms with van der Waals surface area (Å²) in [6.07, 6.45) is 0.356. The lowest BCUT2D eigenvalue weighted by Gasteiger charge is -2.03. The maximum atomic E-state index is 13.6. The molecule has 0 bridgehead atoms. The molecule has 7 heteroatoms. The van der Waals surface area contributed by atoms with Crippen LogP contribution in [0.5, 0.6) is 5.75 Å². The van der Waals surface area contributed by atoms with E-state index in [1.807, 2.05) is 24.3 Å². The average molecular weight is 362 g/mol. The van der Waals surface area contributed by atoms with Gasteiger partial charge in [-0.3, -0.25) is 4.79 Å². The number of hydrogen-bond acceptors (Lipinski definition) is 5. The number of carbonyl (C=O) groups excluding carboxylic acids is 1. The van der Waals surface area contributed by atoms with E-state index in [0.717, 1.165) is 15.3 Å². The van der Waals surface area contributed by atoms with Gasteiger partial charge < -0.3 is 10.1 Å². The van der Waals surface area contributed by atoms with E-state index in [9.17, 15) is 9.18 Å². The number of benzene rings is 2. The summed E-state index contributed by atoms with van der Waals surface area (Å²) in [6, 6.07) is 12.5. The Morgan fingerprint density at radius 1 is 1.29 bits per heavy atom. The molecule has 24 heavy (non-hydrogen) atoms. The van der Waals surface area contributed by atoms with Crippen LogP contribution >= 0.6 is 23.1 Å². The van der Waals surface area contributed by atoms with Gasteiger partial charge in [0, 0.05) is 17.1 Å². The van der Waals surface area contributed by atoms with Gasteiger partial charge in [0.15, 0.2) is 5.13 Å². The molecule has 0 fully saturated rings. The van der Waals surface area contributed by atoms with Crippen LogP contribution < -0.4 is 10.1 Å². The minimum Gasteiger partial charge on any atom is -0.497 e. The van der Waals surface area contributed by atoms with Gasteiger partial charge in [-0.05, 0) is 36.4 Å². The molecule has 0 saturated heterocycles. The van der Waals surface area contributed by atoms with Gasteiger partial charge in [-0.15, -0.1) is 11.8 Å². The molecule has 3 rings (SSSR count). The van der Waals surface area contributed by atoms with Crippen LogP contribution in [0.2, 0.25) is 0 Å². The smallest absolute Gasteiger partial charge is 0.226 e. The molecular weight excluding hydrogens is 347 g/mol. The number of nitrogens with one attached hydrogen (secondary N) is 1. The lowest BCUT2D eigenvalue weighted by atomic mass is 10.3. The standard InChI is InChI=1S/C17H15FN2O2S2/c1-22-11-5-7-12(8-6-11)23-10-9-15(21)19-17-20-16-13(18)3-2-4-14(16)24-17/h2-8H,9-10H2,1H3,(H,19,20,21). The zero-order chi connectivity index (χ0) is 16.9. The molecule has 2 aromatic carbocycles. The molecule has 0 spiro atoms. The van der Waals surface area contributed by atoms with Crippen LogP contribution in [0.25, 0.3) is 10.2 Å². The Hall–Kier alpha value is -2.12. The number of nitrogens with zero attached hydrogens (tertiary/aromatic N) is 1. The Labute approximate surface area is 147 Å². The first kappa shape index (κ1) is 16.7. The van der Waals surface area contributed by atoms with Crippen molar-refractivity contribution in [2.24, 2.45) is 0 Å². The molecule has 0 aliphatic rings. The largest absolute Gasteiger partial charge is 0.497 e. The van der Waals surface area contributed by atoms with Crippen LogP contribution in [0.4, 0.5) is 9.52 Å². The Balaban J connectivity index is 1.52. The van der Waals surface area contributed by atoms with Gasteiger partial charge >= 0.3 is 0 Å². The van der Waals surface area contributed by atoms with Crippen molar-refractivity contribution >= 4 is 44.4 Å². The number of carbonyl (C=O) groups is 1. The zero-order valence-electron chi connectivity index (χ0n) is 12.9. The molecule has 3 aromatic rings. The third kappa shape index (κ3) is 4.04. The highest BCUT2D eigenvalue weighted by Gasteiger charge is 2.10. The van der Waals surface area contributed by atoms with E-state index in [1.54, 1.807) is 31.0 Å². The van der Waals surface area contributed by atoms with Crippen molar-refractivity contribution in [3.05, 3.63) is 48.3 Å². The van der Waals surface area contributed by atoms with E-state index in [4.69, 9.17) is 4.74 Å². The van der Waals surface area contributed by atoms with Crippen LogP contribution in [0, 0.1) is 5.82 Å². The van der Waals surface area contributed by atoms with Crippen LogP contribution in [-0.2, 0) is 4.79 Å². The molecule has 1 amide bonds. The fourth-order valence-corrected chi connectivity index (χ4v) is 3.83. The van der Waals surface area contributed by atoms with Crippen molar-refractivity contribution in [3.63, 3.8) is 0 Å². The number of amides is 1. The first-order valence-corrected chi connectivity index (χ1v) is 9.07. The SMILES string of the molecule is COc1ccc(SCCC(=O)Nc2nc3c(F)cccc3s2)cc1. The number of hydrogen-bond donors (Lipinski definition) is 1. The summed E-state index contributed by atoms with van der Waals surface area (Å²) in [5.74, 6) is 0.951. The Kier molecular flexibility index (Phi) is 5.32. The zero-order valence-corrected chi connectivity index (χ0v) is 14.5. The highest BCUT2D eigenvalue weighted by Crippen LogP contribution is 2.28. The van der Waals surface area contributed by atoms with Gasteiger partial charge in [0.05, 0.1) is 11.8 Å². The van der Waals surface area contributed by atoms with E-state index >= 15 is 0 Å². The lowest BCUT2D eigenvalue weighted by Crippen LogP contribution is -2.11. The van der Waals surface area contributed by atoms with E-state index in [1.165, 1.54) is 17.4 Å². The second-order valence-electron chi connectivity index (χ2n) is 4.93. The van der Waals surface area contributed by atoms with E-state index < -0.39 is 0 Å². The maximum absolute atomic E-state index is 13.6. The predicted molar refractivity (Wildman–Crippen MR) is 96.5 cm³/mol. The summed E-state index contributed by atoms with van der Waals surface area (Å²) < 4.78 is 19.4. The molecule has 1 aromatic heterocycles. The van der Waals surface area contributed by atoms with Gasteiger partial charge in [0.2, 0.25) is 5.91 Å². The summed E-state index contributed by atoms with van der Waals surface area (Å²) in [4.78, 5) is 17.2. The van der Waals surface area contributed by atoms with E-state index in [2.05, 4.69) is 10.3 Å². The highest BCUT2D eigenvalue weighted by atomic mass is 32.2. The minimum absolute atomic E-state index is 0.129. The number of halogens is 1. The Morgan fingerprint density at radius 3 is 2.79 bits per heavy atom. The third-order valence-electron chi connectivity index (χ3n) is 3.27. The molecule has 0 aliphatic carbocycles. The van der Waals surface area contributed by atoms with Crippen molar-refractivity contribution in [1.29, 1.82) is 0 Å². The van der Waals surface area contributed by atoms with Crippen LogP contribution in [0.1, 0.15) is 6.42 Å². The summed E-state index contributed by atoms with van der Waals surface area (Å²) in [5, 5.41) is 3.16. The number of rotatable bonds is 6. The fourth-order valence-electron chi connectivity index (χ4n) is 2.08. The van der Waals surface area contributed by atoms with Gasteiger partial charge in [-0.25, -0.2) is 9.37 Å². The number of thiazole rings is 1. The first-order chi connectivity index (χ1) is 11.7. The topological polar surface area (TPSA) is 51.2 Å². The van der Waals surface area contributed by atoms with Crippen LogP contribution in [0.15, 0.2) is 47.4 Å². The highest BCUT2D eigenvalue weighted by molar-refractivity contribution is 7.99. The molecule has 124 valence electrons. The van der Waals surface area contributed by atoms with Gasteiger partial charge in [-0.2, -0.15) is 0 Å². The molecule has 0 radical (unpaired) electrons. The molecule has 0 atom stereocenters. The van der Waals surface area contributed by atoms with Crippen molar-refractivity contribution in [2.45, 2.75) is 11.3 Å². The van der Waals surface area contributed by atoms with Crippen LogP contribution in [-0.4, -0.2) is 23.8 Å². The second-order valence-corrected chi connectivity index (χ2v) is 7.13. The Morgan fingerprint density at radius 2 is 2.08 bits per heavy atom. The van der Waals surface area contributed by atoms with Crippen molar-refractivity contribution in [3.8, 4) is 5.75 Å². The molecule has 1 N–H and O–H groups in total. The fraction of sp³-hybridized carbons (Fsp3) is 0.176. The number of thioether (sulfide) groups is 1. The molecular formula is C17H15FN2O2S2. The number of aromatic nitrogens is 1. The first-order valence-electron chi connectivity index (χ1n) is 7.27. The minimum atomic E-state index is -0.376. The summed E-state index contributed by atoms with van der Waals surface area (Å²) in [6.45, 7) is 0. The lowest BCUT2D eigenvalue weighted by molar-refractivity contribution is -0.115. The van der Waals surface area contributed by atoms with Crippen molar-refractivity contribution in [1.82, 2.24) is 4.98 Å². The normalized spacial score (nSPS) is 10.8. The average Bonchev–Trinajstić information content (AvgIpc) is 2.99. The molecule has 0 aliphatic heterocycles. The second kappa shape index (κ2) is 7.63. The van der Waals surface area contributed by atoms with Crippen molar-refractivity contribution < 1.29 is 13.9 Å². The molecule has 0 saturated carbocycles. The number of fused-ring (bicyclic) bond motifs is 1. The summed E-state index contributed by atoms with van der Waals surface area (Å²) in [5.41, 5.74) is 0.297. The Bertz CT molecular complexity index is 849. The van der Waals surface area contributed by atoms with Gasteiger partial charge in [0.25, 0.3) is 0 Å². The number of para-hydroxylation sites is 1. The summed E-state index contributed by atoms with van der Waals surface area (Å²) in [7, 11) is 1.63.